The summed E-state index contributed by atoms with van der Waals surface area (Å²) < 4.78 is 2.38. The zero-order chi connectivity index (χ0) is 10.1. The van der Waals surface area contributed by atoms with Crippen molar-refractivity contribution < 1.29 is 0 Å². The van der Waals surface area contributed by atoms with Gasteiger partial charge in [-0.1, -0.05) is 6.07 Å². The van der Waals surface area contributed by atoms with E-state index in [2.05, 4.69) is 27.9 Å². The van der Waals surface area contributed by atoms with Crippen LogP contribution in [0.2, 0.25) is 0 Å². The van der Waals surface area contributed by atoms with E-state index in [-0.39, 0.29) is 0 Å². The Kier molecular flexibility index (Phi) is 2.05. The number of pyridine rings is 1. The highest BCUT2D eigenvalue weighted by molar-refractivity contribution is 5.65. The van der Waals surface area contributed by atoms with E-state index in [0.29, 0.717) is 0 Å². The predicted molar refractivity (Wildman–Crippen MR) is 60.6 cm³/mol. The summed E-state index contributed by atoms with van der Waals surface area (Å²) in [6, 6.07) is 6.36. The zero-order valence-corrected chi connectivity index (χ0v) is 8.69. The third-order valence-electron chi connectivity index (χ3n) is 3.11. The average Bonchev–Trinajstić information content (AvgIpc) is 2.74. The molecular formula is C13H14N2. The van der Waals surface area contributed by atoms with Gasteiger partial charge < -0.3 is 4.57 Å². The molecule has 0 bridgehead atoms. The maximum Gasteiger partial charge on any atom is 0.0346 e. The molecule has 0 spiro atoms. The van der Waals surface area contributed by atoms with E-state index < -0.39 is 0 Å². The van der Waals surface area contributed by atoms with Crippen molar-refractivity contribution in [3.8, 4) is 11.1 Å². The molecule has 0 atom stereocenters. The first kappa shape index (κ1) is 8.72. The van der Waals surface area contributed by atoms with Crippen LogP contribution in [0.5, 0.6) is 0 Å². The zero-order valence-electron chi connectivity index (χ0n) is 8.69. The van der Waals surface area contributed by atoms with E-state index in [1.807, 2.05) is 18.5 Å². The second-order valence-electron chi connectivity index (χ2n) is 4.07. The minimum Gasteiger partial charge on any atom is -0.351 e. The molecule has 0 saturated carbocycles. The maximum absolute atomic E-state index is 4.18. The van der Waals surface area contributed by atoms with Gasteiger partial charge in [-0.3, -0.25) is 4.98 Å². The summed E-state index contributed by atoms with van der Waals surface area (Å²) in [5, 5.41) is 0. The van der Waals surface area contributed by atoms with Crippen molar-refractivity contribution in [3.63, 3.8) is 0 Å². The Bertz CT molecular complexity index is 457. The van der Waals surface area contributed by atoms with Gasteiger partial charge in [0.2, 0.25) is 0 Å². The Morgan fingerprint density at radius 2 is 2.20 bits per heavy atom. The molecule has 2 aromatic heterocycles. The molecule has 2 aromatic rings. The smallest absolute Gasteiger partial charge is 0.0346 e. The van der Waals surface area contributed by atoms with Crippen molar-refractivity contribution in [3.05, 3.63) is 42.5 Å². The lowest BCUT2D eigenvalue weighted by Gasteiger charge is -2.16. The third kappa shape index (κ3) is 1.46. The van der Waals surface area contributed by atoms with Gasteiger partial charge >= 0.3 is 0 Å². The maximum atomic E-state index is 4.18. The first-order valence-electron chi connectivity index (χ1n) is 5.53. The van der Waals surface area contributed by atoms with Crippen LogP contribution >= 0.6 is 0 Å². The largest absolute Gasteiger partial charge is 0.351 e. The van der Waals surface area contributed by atoms with Crippen LogP contribution in [0.25, 0.3) is 11.1 Å². The van der Waals surface area contributed by atoms with E-state index >= 15 is 0 Å². The molecule has 0 unspecified atom stereocenters. The fourth-order valence-electron chi connectivity index (χ4n) is 2.35. The predicted octanol–water partition coefficient (Wildman–Crippen LogP) is 2.89. The van der Waals surface area contributed by atoms with Crippen molar-refractivity contribution in [1.82, 2.24) is 9.55 Å². The highest BCUT2D eigenvalue weighted by Crippen LogP contribution is 2.28. The van der Waals surface area contributed by atoms with Crippen LogP contribution in [-0.4, -0.2) is 9.55 Å². The third-order valence-corrected chi connectivity index (χ3v) is 3.11. The standard InChI is InChI=1S/C13H14N2/c1-2-8-15-9-6-12(13(15)5-1)11-4-3-7-14-10-11/h3-4,6-7,9-10H,1-2,5,8H2. The molecule has 3 heterocycles. The van der Waals surface area contributed by atoms with Crippen LogP contribution in [-0.2, 0) is 13.0 Å². The van der Waals surface area contributed by atoms with Crippen LogP contribution in [0.1, 0.15) is 18.5 Å². The summed E-state index contributed by atoms with van der Waals surface area (Å²) in [7, 11) is 0. The van der Waals surface area contributed by atoms with Crippen molar-refractivity contribution in [2.45, 2.75) is 25.8 Å². The molecule has 15 heavy (non-hydrogen) atoms. The van der Waals surface area contributed by atoms with Gasteiger partial charge in [0.25, 0.3) is 0 Å². The second-order valence-corrected chi connectivity index (χ2v) is 4.07. The summed E-state index contributed by atoms with van der Waals surface area (Å²) >= 11 is 0. The Morgan fingerprint density at radius 3 is 3.07 bits per heavy atom. The number of hydrogen-bond donors (Lipinski definition) is 0. The van der Waals surface area contributed by atoms with Gasteiger partial charge in [-0.15, -0.1) is 0 Å². The van der Waals surface area contributed by atoms with Crippen molar-refractivity contribution in [1.29, 1.82) is 0 Å². The molecule has 0 fully saturated rings. The van der Waals surface area contributed by atoms with Crippen LogP contribution < -0.4 is 0 Å². The molecule has 0 amide bonds. The molecule has 3 rings (SSSR count). The van der Waals surface area contributed by atoms with Gasteiger partial charge in [-0.25, -0.2) is 0 Å². The second kappa shape index (κ2) is 3.54. The highest BCUT2D eigenvalue weighted by atomic mass is 15.0. The van der Waals surface area contributed by atoms with Gasteiger partial charge in [0.05, 0.1) is 0 Å². The van der Waals surface area contributed by atoms with E-state index in [1.54, 1.807) is 0 Å². The minimum absolute atomic E-state index is 1.18. The summed E-state index contributed by atoms with van der Waals surface area (Å²) in [5.74, 6) is 0. The Hall–Kier alpha value is -1.57. The molecule has 2 nitrogen and oxygen atoms in total. The fourth-order valence-corrected chi connectivity index (χ4v) is 2.35. The Morgan fingerprint density at radius 1 is 1.20 bits per heavy atom. The van der Waals surface area contributed by atoms with Crippen molar-refractivity contribution in [2.24, 2.45) is 0 Å². The van der Waals surface area contributed by atoms with Crippen LogP contribution in [0.3, 0.4) is 0 Å². The van der Waals surface area contributed by atoms with E-state index in [9.17, 15) is 0 Å². The van der Waals surface area contributed by atoms with Crippen LogP contribution in [0, 0.1) is 0 Å². The number of aromatic nitrogens is 2. The Labute approximate surface area is 89.6 Å². The van der Waals surface area contributed by atoms with Crippen LogP contribution in [0.15, 0.2) is 36.8 Å². The lowest BCUT2D eigenvalue weighted by molar-refractivity contribution is 0.534. The van der Waals surface area contributed by atoms with E-state index in [0.717, 1.165) is 0 Å². The number of aryl methyl sites for hydroxylation is 1. The van der Waals surface area contributed by atoms with Crippen molar-refractivity contribution >= 4 is 0 Å². The SMILES string of the molecule is c1cncc(-c2ccn3c2CCCC3)c1. The lowest BCUT2D eigenvalue weighted by atomic mass is 10.0. The topological polar surface area (TPSA) is 17.8 Å². The van der Waals surface area contributed by atoms with E-state index in [4.69, 9.17) is 0 Å². The molecule has 76 valence electrons. The lowest BCUT2D eigenvalue weighted by Crippen LogP contribution is -2.09. The van der Waals surface area contributed by atoms with Crippen LogP contribution in [0.4, 0.5) is 0 Å². The normalized spacial score (nSPS) is 14.9. The average molecular weight is 198 g/mol. The first-order valence-corrected chi connectivity index (χ1v) is 5.53. The highest BCUT2D eigenvalue weighted by Gasteiger charge is 2.13. The van der Waals surface area contributed by atoms with Gasteiger partial charge in [-0.2, -0.15) is 0 Å². The number of rotatable bonds is 1. The molecular weight excluding hydrogens is 184 g/mol. The minimum atomic E-state index is 1.18. The molecule has 0 saturated heterocycles. The fraction of sp³-hybridized carbons (Fsp3) is 0.308. The monoisotopic (exact) mass is 198 g/mol. The summed E-state index contributed by atoms with van der Waals surface area (Å²) in [4.78, 5) is 4.18. The summed E-state index contributed by atoms with van der Waals surface area (Å²) in [5.41, 5.74) is 4.09. The molecule has 0 radical (unpaired) electrons. The Balaban J connectivity index is 2.09. The number of nitrogens with zero attached hydrogens (tertiary/aromatic N) is 2. The van der Waals surface area contributed by atoms with Gasteiger partial charge in [-0.05, 0) is 31.4 Å². The molecule has 0 aliphatic carbocycles. The molecule has 0 N–H and O–H groups in total. The molecule has 1 aliphatic rings. The summed E-state index contributed by atoms with van der Waals surface area (Å²) in [6.07, 6.45) is 9.82. The molecule has 1 aliphatic heterocycles. The van der Waals surface area contributed by atoms with E-state index in [1.165, 1.54) is 42.6 Å². The molecule has 2 heteroatoms. The van der Waals surface area contributed by atoms with Gasteiger partial charge in [0.15, 0.2) is 0 Å². The first-order chi connectivity index (χ1) is 7.45. The summed E-state index contributed by atoms with van der Waals surface area (Å²) in [6.45, 7) is 1.18. The quantitative estimate of drug-likeness (QED) is 0.689. The molecule has 0 aromatic carbocycles. The number of fused-ring (bicyclic) bond motifs is 1. The number of hydrogen-bond acceptors (Lipinski definition) is 1. The van der Waals surface area contributed by atoms with Crippen molar-refractivity contribution in [2.75, 3.05) is 0 Å². The van der Waals surface area contributed by atoms with Gasteiger partial charge in [0, 0.05) is 42.0 Å². The van der Waals surface area contributed by atoms with Gasteiger partial charge in [0.1, 0.15) is 0 Å².